The Morgan fingerprint density at radius 2 is 1.63 bits per heavy atom. The van der Waals surface area contributed by atoms with Gasteiger partial charge in [0.15, 0.2) is 11.5 Å². The Labute approximate surface area is 161 Å². The summed E-state index contributed by atoms with van der Waals surface area (Å²) in [6.07, 6.45) is 10.1. The van der Waals surface area contributed by atoms with Gasteiger partial charge >= 0.3 is 0 Å². The fourth-order valence-corrected chi connectivity index (χ4v) is 4.65. The molecule has 0 N–H and O–H groups in total. The predicted molar refractivity (Wildman–Crippen MR) is 101 cm³/mol. The second-order valence-corrected chi connectivity index (χ2v) is 8.07. The van der Waals surface area contributed by atoms with Crippen LogP contribution in [0.1, 0.15) is 58.3 Å². The molecular weight excluding hydrogens is 350 g/mol. The Balaban J connectivity index is 1.42. The van der Waals surface area contributed by atoms with Gasteiger partial charge in [-0.25, -0.2) is 0 Å². The molecule has 27 heavy (non-hydrogen) atoms. The molecule has 1 aliphatic heterocycles. The van der Waals surface area contributed by atoms with Crippen molar-refractivity contribution in [2.45, 2.75) is 64.4 Å². The van der Waals surface area contributed by atoms with Gasteiger partial charge in [-0.15, -0.1) is 0 Å². The van der Waals surface area contributed by atoms with Crippen LogP contribution < -0.4 is 9.47 Å². The van der Waals surface area contributed by atoms with E-state index in [1.165, 1.54) is 57.8 Å². The van der Waals surface area contributed by atoms with Crippen molar-refractivity contribution >= 4 is 0 Å². The molecule has 0 radical (unpaired) electrons. The Hall–Kier alpha value is -1.36. The van der Waals surface area contributed by atoms with Crippen molar-refractivity contribution in [1.29, 1.82) is 0 Å². The van der Waals surface area contributed by atoms with E-state index in [1.54, 1.807) is 0 Å². The average molecular weight is 382 g/mol. The zero-order valence-electron chi connectivity index (χ0n) is 16.5. The van der Waals surface area contributed by atoms with Gasteiger partial charge in [0, 0.05) is 0 Å². The molecule has 1 saturated heterocycles. The SMILES string of the molecule is CCCC1CCC(C2CCC(COc3ccc(OC)c(F)c3F)OC2)CC1. The van der Waals surface area contributed by atoms with Crippen molar-refractivity contribution in [3.63, 3.8) is 0 Å². The largest absolute Gasteiger partial charge is 0.494 e. The van der Waals surface area contributed by atoms with Crippen LogP contribution in [0.4, 0.5) is 8.78 Å². The van der Waals surface area contributed by atoms with Gasteiger partial charge in [0.2, 0.25) is 11.6 Å². The Morgan fingerprint density at radius 3 is 2.26 bits per heavy atom. The van der Waals surface area contributed by atoms with Gasteiger partial charge in [-0.2, -0.15) is 8.78 Å². The fourth-order valence-electron chi connectivity index (χ4n) is 4.65. The molecule has 2 unspecified atom stereocenters. The lowest BCUT2D eigenvalue weighted by atomic mass is 9.73. The highest BCUT2D eigenvalue weighted by molar-refractivity contribution is 5.34. The van der Waals surface area contributed by atoms with E-state index >= 15 is 0 Å². The molecule has 0 amide bonds. The van der Waals surface area contributed by atoms with Gasteiger partial charge in [0.05, 0.1) is 19.8 Å². The smallest absolute Gasteiger partial charge is 0.204 e. The molecule has 1 aromatic rings. The van der Waals surface area contributed by atoms with Crippen LogP contribution >= 0.6 is 0 Å². The first kappa shape index (κ1) is 20.4. The second-order valence-electron chi connectivity index (χ2n) is 8.07. The zero-order valence-corrected chi connectivity index (χ0v) is 16.5. The van der Waals surface area contributed by atoms with Crippen LogP contribution in [0.2, 0.25) is 0 Å². The van der Waals surface area contributed by atoms with Crippen molar-refractivity contribution in [1.82, 2.24) is 0 Å². The summed E-state index contributed by atoms with van der Waals surface area (Å²) in [6, 6.07) is 2.78. The maximum Gasteiger partial charge on any atom is 0.204 e. The summed E-state index contributed by atoms with van der Waals surface area (Å²) in [4.78, 5) is 0. The molecule has 2 aliphatic rings. The summed E-state index contributed by atoms with van der Waals surface area (Å²) in [5.41, 5.74) is 0. The van der Waals surface area contributed by atoms with E-state index in [0.29, 0.717) is 5.92 Å². The maximum atomic E-state index is 14.0. The van der Waals surface area contributed by atoms with E-state index in [-0.39, 0.29) is 24.2 Å². The van der Waals surface area contributed by atoms with E-state index in [1.807, 2.05) is 0 Å². The Kier molecular flexibility index (Phi) is 7.33. The average Bonchev–Trinajstić information content (AvgIpc) is 2.70. The minimum atomic E-state index is -1.02. The quantitative estimate of drug-likeness (QED) is 0.601. The standard InChI is InChI=1S/C22H32F2O3/c1-3-4-15-5-7-16(8-6-15)17-9-10-18(26-13-17)14-27-20-12-11-19(25-2)21(23)22(20)24/h11-12,15-18H,3-10,13-14H2,1-2H3. The first-order valence-electron chi connectivity index (χ1n) is 10.4. The number of hydrogen-bond acceptors (Lipinski definition) is 3. The predicted octanol–water partition coefficient (Wildman–Crippen LogP) is 5.75. The number of ether oxygens (including phenoxy) is 3. The van der Waals surface area contributed by atoms with E-state index in [9.17, 15) is 8.78 Å². The molecule has 1 saturated carbocycles. The molecule has 0 bridgehead atoms. The topological polar surface area (TPSA) is 27.7 Å². The minimum Gasteiger partial charge on any atom is -0.494 e. The maximum absolute atomic E-state index is 14.0. The van der Waals surface area contributed by atoms with Crippen LogP contribution in [-0.2, 0) is 4.74 Å². The van der Waals surface area contributed by atoms with Crippen LogP contribution in [0.3, 0.4) is 0 Å². The highest BCUT2D eigenvalue weighted by atomic mass is 19.2. The zero-order chi connectivity index (χ0) is 19.2. The number of rotatable bonds is 7. The molecule has 2 atom stereocenters. The summed E-state index contributed by atoms with van der Waals surface area (Å²) in [5.74, 6) is 0.118. The number of halogens is 2. The van der Waals surface area contributed by atoms with E-state index in [0.717, 1.165) is 31.3 Å². The van der Waals surface area contributed by atoms with Gasteiger partial charge in [-0.1, -0.05) is 32.6 Å². The van der Waals surface area contributed by atoms with E-state index in [4.69, 9.17) is 14.2 Å². The molecule has 152 valence electrons. The van der Waals surface area contributed by atoms with Gasteiger partial charge < -0.3 is 14.2 Å². The molecule has 3 rings (SSSR count). The van der Waals surface area contributed by atoms with Crippen molar-refractivity contribution in [2.75, 3.05) is 20.3 Å². The van der Waals surface area contributed by atoms with Crippen molar-refractivity contribution in [3.8, 4) is 11.5 Å². The number of methoxy groups -OCH3 is 1. The highest BCUT2D eigenvalue weighted by Gasteiger charge is 2.31. The first-order chi connectivity index (χ1) is 13.1. The summed E-state index contributed by atoms with van der Waals surface area (Å²) >= 11 is 0. The normalized spacial score (nSPS) is 28.7. The Morgan fingerprint density at radius 1 is 0.963 bits per heavy atom. The summed E-state index contributed by atoms with van der Waals surface area (Å²) < 4.78 is 44.0. The molecule has 2 fully saturated rings. The summed E-state index contributed by atoms with van der Waals surface area (Å²) in [6.45, 7) is 3.28. The Bertz CT molecular complexity index is 591. The van der Waals surface area contributed by atoms with Crippen LogP contribution in [0.25, 0.3) is 0 Å². The first-order valence-corrected chi connectivity index (χ1v) is 10.4. The fraction of sp³-hybridized carbons (Fsp3) is 0.727. The van der Waals surface area contributed by atoms with Gasteiger partial charge in [-0.3, -0.25) is 0 Å². The van der Waals surface area contributed by atoms with Crippen LogP contribution in [0.5, 0.6) is 11.5 Å². The third-order valence-electron chi connectivity index (χ3n) is 6.32. The molecule has 0 spiro atoms. The minimum absolute atomic E-state index is 0.0535. The molecule has 3 nitrogen and oxygen atoms in total. The van der Waals surface area contributed by atoms with Gasteiger partial charge in [0.25, 0.3) is 0 Å². The monoisotopic (exact) mass is 382 g/mol. The molecule has 1 heterocycles. The van der Waals surface area contributed by atoms with Crippen LogP contribution in [0.15, 0.2) is 12.1 Å². The lowest BCUT2D eigenvalue weighted by Crippen LogP contribution is -2.35. The van der Waals surface area contributed by atoms with Gasteiger partial charge in [0.1, 0.15) is 6.61 Å². The van der Waals surface area contributed by atoms with Crippen LogP contribution in [0, 0.1) is 29.4 Å². The summed E-state index contributed by atoms with van der Waals surface area (Å²) in [5, 5.41) is 0. The number of hydrogen-bond donors (Lipinski definition) is 0. The molecule has 0 aromatic heterocycles. The van der Waals surface area contributed by atoms with Gasteiger partial charge in [-0.05, 0) is 55.6 Å². The van der Waals surface area contributed by atoms with Crippen molar-refractivity contribution < 1.29 is 23.0 Å². The molecule has 5 heteroatoms. The van der Waals surface area contributed by atoms with E-state index in [2.05, 4.69) is 6.92 Å². The third-order valence-corrected chi connectivity index (χ3v) is 6.32. The highest BCUT2D eigenvalue weighted by Crippen LogP contribution is 2.39. The lowest BCUT2D eigenvalue weighted by molar-refractivity contribution is -0.0564. The summed E-state index contributed by atoms with van der Waals surface area (Å²) in [7, 11) is 1.31. The number of benzene rings is 1. The molecule has 1 aliphatic carbocycles. The molecule has 1 aromatic carbocycles. The van der Waals surface area contributed by atoms with Crippen molar-refractivity contribution in [2.24, 2.45) is 17.8 Å². The van der Waals surface area contributed by atoms with Crippen LogP contribution in [-0.4, -0.2) is 26.4 Å². The lowest BCUT2D eigenvalue weighted by Gasteiger charge is -2.37. The second kappa shape index (κ2) is 9.72. The third kappa shape index (κ3) is 5.13. The van der Waals surface area contributed by atoms with Crippen molar-refractivity contribution in [3.05, 3.63) is 23.8 Å². The molecular formula is C22H32F2O3. The van der Waals surface area contributed by atoms with E-state index < -0.39 is 11.6 Å².